The maximum atomic E-state index is 5.74. The number of hydrogen-bond acceptors (Lipinski definition) is 4. The first-order chi connectivity index (χ1) is 9.78. The van der Waals surface area contributed by atoms with Gasteiger partial charge >= 0.3 is 0 Å². The topological polar surface area (TPSA) is 81.8 Å². The average molecular weight is 404 g/mol. The molecule has 116 valence electrons. The number of nitrogens with two attached hydrogens (primary N) is 1. The normalized spacial score (nSPS) is 17.9. The Labute approximate surface area is 141 Å². The quantitative estimate of drug-likeness (QED) is 0.325. The lowest BCUT2D eigenvalue weighted by atomic mass is 10.2. The van der Waals surface area contributed by atoms with E-state index in [9.17, 15) is 0 Å². The predicted molar refractivity (Wildman–Crippen MR) is 93.0 cm³/mol. The largest absolute Gasteiger partial charge is 0.472 e. The summed E-state index contributed by atoms with van der Waals surface area (Å²) < 4.78 is 11.0. The molecule has 6 nitrogen and oxygen atoms in total. The third kappa shape index (κ3) is 6.30. The Balaban J connectivity index is 0.00000220. The molecule has 0 aliphatic carbocycles. The number of ether oxygens (including phenoxy) is 2. The van der Waals surface area contributed by atoms with Crippen LogP contribution in [0.4, 0.5) is 0 Å². The van der Waals surface area contributed by atoms with E-state index in [1.165, 1.54) is 0 Å². The van der Waals surface area contributed by atoms with Gasteiger partial charge in [-0.3, -0.25) is 0 Å². The van der Waals surface area contributed by atoms with Crippen molar-refractivity contribution in [3.05, 3.63) is 36.5 Å². The van der Waals surface area contributed by atoms with Crippen LogP contribution in [0.25, 0.3) is 0 Å². The first-order valence-electron chi connectivity index (χ1n) is 6.62. The maximum Gasteiger partial charge on any atom is 0.213 e. The van der Waals surface area contributed by atoms with Crippen LogP contribution in [-0.2, 0) is 11.3 Å². The van der Waals surface area contributed by atoms with Crippen molar-refractivity contribution < 1.29 is 9.47 Å². The molecule has 1 aliphatic heterocycles. The van der Waals surface area contributed by atoms with Crippen LogP contribution in [0.1, 0.15) is 12.0 Å². The van der Waals surface area contributed by atoms with Crippen LogP contribution < -0.4 is 15.8 Å². The van der Waals surface area contributed by atoms with E-state index in [0.717, 1.165) is 18.6 Å². The predicted octanol–water partition coefficient (Wildman–Crippen LogP) is 1.46. The number of aliphatic imine (C=N–C) groups is 1. The number of halogens is 1. The van der Waals surface area contributed by atoms with Gasteiger partial charge in [0.15, 0.2) is 5.96 Å². The smallest absolute Gasteiger partial charge is 0.213 e. The molecule has 1 atom stereocenters. The Morgan fingerprint density at radius 3 is 3.24 bits per heavy atom. The van der Waals surface area contributed by atoms with Crippen molar-refractivity contribution in [3.8, 4) is 5.88 Å². The number of pyridine rings is 1. The molecule has 1 saturated heterocycles. The SMILES string of the molecule is C=CCNC(N)=NCc1ccnc(OC2CCOC2)c1.I. The van der Waals surface area contributed by atoms with Gasteiger partial charge in [-0.1, -0.05) is 6.08 Å². The molecule has 2 heterocycles. The van der Waals surface area contributed by atoms with Crippen molar-refractivity contribution in [3.63, 3.8) is 0 Å². The monoisotopic (exact) mass is 404 g/mol. The van der Waals surface area contributed by atoms with Gasteiger partial charge in [0.25, 0.3) is 0 Å². The molecule has 0 bridgehead atoms. The van der Waals surface area contributed by atoms with Crippen LogP contribution in [0, 0.1) is 0 Å². The van der Waals surface area contributed by atoms with E-state index in [4.69, 9.17) is 15.2 Å². The summed E-state index contributed by atoms with van der Waals surface area (Å²) in [5.41, 5.74) is 6.70. The minimum Gasteiger partial charge on any atom is -0.472 e. The lowest BCUT2D eigenvalue weighted by Gasteiger charge is -2.11. The number of aromatic nitrogens is 1. The van der Waals surface area contributed by atoms with E-state index in [-0.39, 0.29) is 30.1 Å². The van der Waals surface area contributed by atoms with Crippen LogP contribution in [-0.4, -0.2) is 36.8 Å². The third-order valence-electron chi connectivity index (χ3n) is 2.83. The Morgan fingerprint density at radius 2 is 2.52 bits per heavy atom. The fourth-order valence-electron chi connectivity index (χ4n) is 1.80. The van der Waals surface area contributed by atoms with Crippen molar-refractivity contribution in [2.45, 2.75) is 19.1 Å². The standard InChI is InChI=1S/C14H20N4O2.HI/c1-2-5-17-14(15)18-9-11-3-6-16-13(8-11)20-12-4-7-19-10-12;/h2-3,6,8,12H,1,4-5,7,9-10H2,(H3,15,17,18);1H. The zero-order valence-corrected chi connectivity index (χ0v) is 14.2. The number of rotatable bonds is 6. The molecule has 21 heavy (non-hydrogen) atoms. The van der Waals surface area contributed by atoms with Gasteiger partial charge in [0.05, 0.1) is 19.8 Å². The highest BCUT2D eigenvalue weighted by molar-refractivity contribution is 14.0. The summed E-state index contributed by atoms with van der Waals surface area (Å²) in [6.45, 7) is 6.06. The van der Waals surface area contributed by atoms with E-state index in [1.807, 2.05) is 12.1 Å². The van der Waals surface area contributed by atoms with Gasteiger partial charge in [0.2, 0.25) is 5.88 Å². The second-order valence-corrected chi connectivity index (χ2v) is 4.48. The van der Waals surface area contributed by atoms with E-state index < -0.39 is 0 Å². The van der Waals surface area contributed by atoms with E-state index in [0.29, 0.717) is 31.5 Å². The molecule has 2 rings (SSSR count). The summed E-state index contributed by atoms with van der Waals surface area (Å²) in [5, 5.41) is 2.92. The highest BCUT2D eigenvalue weighted by atomic mass is 127. The fourth-order valence-corrected chi connectivity index (χ4v) is 1.80. The first kappa shape index (κ1) is 17.7. The maximum absolute atomic E-state index is 5.74. The number of hydrogen-bond donors (Lipinski definition) is 2. The summed E-state index contributed by atoms with van der Waals surface area (Å²) >= 11 is 0. The summed E-state index contributed by atoms with van der Waals surface area (Å²) in [6.07, 6.45) is 4.44. The molecule has 1 aromatic heterocycles. The molecule has 1 aromatic rings. The Bertz CT molecular complexity index is 476. The second kappa shape index (κ2) is 9.56. The Kier molecular flexibility index (Phi) is 8.06. The minimum absolute atomic E-state index is 0. The van der Waals surface area contributed by atoms with Crippen molar-refractivity contribution in [1.82, 2.24) is 10.3 Å². The zero-order valence-electron chi connectivity index (χ0n) is 11.8. The van der Waals surface area contributed by atoms with Crippen molar-refractivity contribution in [2.75, 3.05) is 19.8 Å². The van der Waals surface area contributed by atoms with Gasteiger partial charge in [-0.15, -0.1) is 30.6 Å². The summed E-state index contributed by atoms with van der Waals surface area (Å²) in [4.78, 5) is 8.43. The Morgan fingerprint density at radius 1 is 1.67 bits per heavy atom. The van der Waals surface area contributed by atoms with Crippen molar-refractivity contribution >= 4 is 29.9 Å². The highest BCUT2D eigenvalue weighted by Crippen LogP contribution is 2.16. The zero-order chi connectivity index (χ0) is 14.2. The lowest BCUT2D eigenvalue weighted by molar-refractivity contribution is 0.138. The summed E-state index contributed by atoms with van der Waals surface area (Å²) in [7, 11) is 0. The van der Waals surface area contributed by atoms with Crippen LogP contribution in [0.15, 0.2) is 36.0 Å². The molecular weight excluding hydrogens is 383 g/mol. The minimum atomic E-state index is 0. The van der Waals surface area contributed by atoms with Crippen LogP contribution in [0.5, 0.6) is 5.88 Å². The fraction of sp³-hybridized carbons (Fsp3) is 0.429. The van der Waals surface area contributed by atoms with Crippen LogP contribution >= 0.6 is 24.0 Å². The molecule has 0 aromatic carbocycles. The van der Waals surface area contributed by atoms with Gasteiger partial charge in [-0.2, -0.15) is 0 Å². The number of nitrogens with zero attached hydrogens (tertiary/aromatic N) is 2. The molecule has 3 N–H and O–H groups in total. The molecule has 7 heteroatoms. The average Bonchev–Trinajstić information content (AvgIpc) is 2.96. The molecule has 0 saturated carbocycles. The first-order valence-corrected chi connectivity index (χ1v) is 6.62. The molecular formula is C14H21IN4O2. The molecule has 0 radical (unpaired) electrons. The van der Waals surface area contributed by atoms with E-state index in [1.54, 1.807) is 12.3 Å². The molecule has 1 unspecified atom stereocenters. The van der Waals surface area contributed by atoms with Crippen molar-refractivity contribution in [2.24, 2.45) is 10.7 Å². The molecule has 0 amide bonds. The third-order valence-corrected chi connectivity index (χ3v) is 2.83. The van der Waals surface area contributed by atoms with Gasteiger partial charge in [-0.05, 0) is 11.6 Å². The van der Waals surface area contributed by atoms with E-state index >= 15 is 0 Å². The van der Waals surface area contributed by atoms with Gasteiger partial charge < -0.3 is 20.5 Å². The number of guanidine groups is 1. The van der Waals surface area contributed by atoms with E-state index in [2.05, 4.69) is 21.9 Å². The summed E-state index contributed by atoms with van der Waals surface area (Å²) in [6, 6.07) is 3.77. The summed E-state index contributed by atoms with van der Waals surface area (Å²) in [5.74, 6) is 0.999. The Hall–Kier alpha value is -1.35. The van der Waals surface area contributed by atoms with Gasteiger partial charge in [0, 0.05) is 25.2 Å². The van der Waals surface area contributed by atoms with Gasteiger partial charge in [-0.25, -0.2) is 9.98 Å². The molecule has 1 aliphatic rings. The second-order valence-electron chi connectivity index (χ2n) is 4.48. The highest BCUT2D eigenvalue weighted by Gasteiger charge is 2.17. The van der Waals surface area contributed by atoms with Gasteiger partial charge in [0.1, 0.15) is 6.10 Å². The molecule has 1 fully saturated rings. The number of nitrogens with one attached hydrogen (secondary N) is 1. The van der Waals surface area contributed by atoms with Crippen LogP contribution in [0.2, 0.25) is 0 Å². The van der Waals surface area contributed by atoms with Crippen LogP contribution in [0.3, 0.4) is 0 Å². The lowest BCUT2D eigenvalue weighted by Crippen LogP contribution is -2.31. The molecule has 0 spiro atoms. The van der Waals surface area contributed by atoms with Crippen molar-refractivity contribution in [1.29, 1.82) is 0 Å².